The smallest absolute Gasteiger partial charge is 0.410 e. The number of nitrogens with zero attached hydrogens (tertiary/aromatic N) is 1. The average Bonchev–Trinajstić information content (AvgIpc) is 2.41. The number of amides is 1. The third kappa shape index (κ3) is 7.71. The van der Waals surface area contributed by atoms with E-state index in [9.17, 15) is 4.79 Å². The predicted octanol–water partition coefficient (Wildman–Crippen LogP) is 3.42. The van der Waals surface area contributed by atoms with E-state index in [0.717, 1.165) is 26.1 Å². The number of rotatable bonds is 7. The highest BCUT2D eigenvalue weighted by Crippen LogP contribution is 2.10. The first-order chi connectivity index (χ1) is 9.92. The van der Waals surface area contributed by atoms with Crippen LogP contribution in [0.1, 0.15) is 39.7 Å². The van der Waals surface area contributed by atoms with Gasteiger partial charge < -0.3 is 15.0 Å². The molecule has 0 unspecified atom stereocenters. The summed E-state index contributed by atoms with van der Waals surface area (Å²) in [6, 6.07) is 10.2. The lowest BCUT2D eigenvalue weighted by Crippen LogP contribution is -2.40. The fourth-order valence-electron chi connectivity index (χ4n) is 1.93. The van der Waals surface area contributed by atoms with E-state index in [1.165, 1.54) is 5.56 Å². The Morgan fingerprint density at radius 1 is 1.19 bits per heavy atom. The molecule has 1 amide bonds. The van der Waals surface area contributed by atoms with Crippen LogP contribution in [0, 0.1) is 0 Å². The molecular weight excluding hydrogens is 264 g/mol. The Hall–Kier alpha value is -1.55. The van der Waals surface area contributed by atoms with Crippen LogP contribution in [0.5, 0.6) is 0 Å². The number of carbonyl (C=O) groups excluding carboxylic acids is 1. The molecule has 0 aliphatic rings. The molecule has 1 aromatic rings. The second-order valence-corrected chi connectivity index (χ2v) is 6.13. The highest BCUT2D eigenvalue weighted by atomic mass is 16.6. The van der Waals surface area contributed by atoms with Crippen molar-refractivity contribution < 1.29 is 9.53 Å². The molecule has 0 aliphatic carbocycles. The Kier molecular flexibility index (Phi) is 7.23. The molecule has 21 heavy (non-hydrogen) atoms. The summed E-state index contributed by atoms with van der Waals surface area (Å²) in [6.07, 6.45) is 0.698. The van der Waals surface area contributed by atoms with Gasteiger partial charge in [-0.1, -0.05) is 37.3 Å². The maximum absolute atomic E-state index is 12.1. The zero-order valence-electron chi connectivity index (χ0n) is 13.7. The van der Waals surface area contributed by atoms with Crippen LogP contribution in [-0.2, 0) is 11.3 Å². The summed E-state index contributed by atoms with van der Waals surface area (Å²) >= 11 is 0. The second-order valence-electron chi connectivity index (χ2n) is 6.13. The highest BCUT2D eigenvalue weighted by molar-refractivity contribution is 5.68. The molecule has 4 nitrogen and oxygen atoms in total. The fraction of sp³-hybridized carbons (Fsp3) is 0.588. The van der Waals surface area contributed by atoms with Gasteiger partial charge in [0.15, 0.2) is 0 Å². The molecule has 0 aromatic heterocycles. The Morgan fingerprint density at radius 3 is 2.43 bits per heavy atom. The predicted molar refractivity (Wildman–Crippen MR) is 86.2 cm³/mol. The summed E-state index contributed by atoms with van der Waals surface area (Å²) in [5.74, 6) is 0. The number of carbonyl (C=O) groups is 1. The average molecular weight is 292 g/mol. The number of ether oxygens (including phenoxy) is 1. The normalized spacial score (nSPS) is 11.2. The summed E-state index contributed by atoms with van der Waals surface area (Å²) in [5, 5.41) is 3.36. The molecule has 118 valence electrons. The minimum absolute atomic E-state index is 0.231. The first-order valence-corrected chi connectivity index (χ1v) is 7.65. The first-order valence-electron chi connectivity index (χ1n) is 7.65. The standard InChI is InChI=1S/C17H28N2O2/c1-5-12-19(16(20)21-17(2,3)4)13-11-18-14-15-9-7-6-8-10-15/h6-10,18H,5,11-14H2,1-4H3. The Balaban J connectivity index is 2.35. The van der Waals surface area contributed by atoms with Crippen molar-refractivity contribution in [3.05, 3.63) is 35.9 Å². The zero-order chi connectivity index (χ0) is 15.7. The zero-order valence-corrected chi connectivity index (χ0v) is 13.7. The molecule has 1 rings (SSSR count). The number of hydrogen-bond acceptors (Lipinski definition) is 3. The SMILES string of the molecule is CCCN(CCNCc1ccccc1)C(=O)OC(C)(C)C. The van der Waals surface area contributed by atoms with Crippen LogP contribution >= 0.6 is 0 Å². The fourth-order valence-corrected chi connectivity index (χ4v) is 1.93. The molecule has 1 N–H and O–H groups in total. The van der Waals surface area contributed by atoms with E-state index < -0.39 is 5.60 Å². The third-order valence-corrected chi connectivity index (χ3v) is 2.88. The topological polar surface area (TPSA) is 41.6 Å². The molecule has 0 fully saturated rings. The van der Waals surface area contributed by atoms with Crippen molar-refractivity contribution >= 4 is 6.09 Å². The molecule has 0 aliphatic heterocycles. The summed E-state index contributed by atoms with van der Waals surface area (Å²) < 4.78 is 5.43. The van der Waals surface area contributed by atoms with E-state index in [-0.39, 0.29) is 6.09 Å². The Bertz CT molecular complexity index is 413. The molecule has 0 atom stereocenters. The van der Waals surface area contributed by atoms with Gasteiger partial charge in [0.25, 0.3) is 0 Å². The maximum Gasteiger partial charge on any atom is 0.410 e. The van der Waals surface area contributed by atoms with Crippen molar-refractivity contribution in [2.75, 3.05) is 19.6 Å². The lowest BCUT2D eigenvalue weighted by Gasteiger charge is -2.27. The van der Waals surface area contributed by atoms with Gasteiger partial charge in [-0.05, 0) is 32.8 Å². The minimum atomic E-state index is -0.444. The van der Waals surface area contributed by atoms with Crippen molar-refractivity contribution in [3.63, 3.8) is 0 Å². The highest BCUT2D eigenvalue weighted by Gasteiger charge is 2.21. The van der Waals surface area contributed by atoms with Gasteiger partial charge in [-0.3, -0.25) is 0 Å². The van der Waals surface area contributed by atoms with Crippen molar-refractivity contribution in [1.29, 1.82) is 0 Å². The van der Waals surface area contributed by atoms with E-state index >= 15 is 0 Å². The molecule has 0 bridgehead atoms. The molecule has 4 heteroatoms. The van der Waals surface area contributed by atoms with Crippen LogP contribution in [0.4, 0.5) is 4.79 Å². The van der Waals surface area contributed by atoms with Gasteiger partial charge in [-0.2, -0.15) is 0 Å². The quantitative estimate of drug-likeness (QED) is 0.783. The number of benzene rings is 1. The summed E-state index contributed by atoms with van der Waals surface area (Å²) in [7, 11) is 0. The molecule has 0 heterocycles. The van der Waals surface area contributed by atoms with Crippen LogP contribution < -0.4 is 5.32 Å². The van der Waals surface area contributed by atoms with Gasteiger partial charge in [0.05, 0.1) is 0 Å². The van der Waals surface area contributed by atoms with Gasteiger partial charge in [0, 0.05) is 26.2 Å². The molecule has 1 aromatic carbocycles. The number of hydrogen-bond donors (Lipinski definition) is 1. The second kappa shape index (κ2) is 8.67. The van der Waals surface area contributed by atoms with Gasteiger partial charge in [0.1, 0.15) is 5.60 Å². The molecule has 0 saturated carbocycles. The van der Waals surface area contributed by atoms with Gasteiger partial charge in [-0.25, -0.2) is 4.79 Å². The van der Waals surface area contributed by atoms with Crippen molar-refractivity contribution in [3.8, 4) is 0 Å². The van der Waals surface area contributed by atoms with Crippen LogP contribution in [0.3, 0.4) is 0 Å². The largest absolute Gasteiger partial charge is 0.444 e. The molecular formula is C17H28N2O2. The van der Waals surface area contributed by atoms with E-state index in [2.05, 4.69) is 24.4 Å². The van der Waals surface area contributed by atoms with E-state index in [0.29, 0.717) is 6.54 Å². The Morgan fingerprint density at radius 2 is 1.86 bits per heavy atom. The monoisotopic (exact) mass is 292 g/mol. The van der Waals surface area contributed by atoms with Crippen molar-refractivity contribution in [1.82, 2.24) is 10.2 Å². The van der Waals surface area contributed by atoms with E-state index in [1.807, 2.05) is 39.0 Å². The van der Waals surface area contributed by atoms with Crippen molar-refractivity contribution in [2.45, 2.75) is 46.3 Å². The minimum Gasteiger partial charge on any atom is -0.444 e. The van der Waals surface area contributed by atoms with Crippen LogP contribution in [-0.4, -0.2) is 36.2 Å². The van der Waals surface area contributed by atoms with Crippen LogP contribution in [0.2, 0.25) is 0 Å². The lowest BCUT2D eigenvalue weighted by molar-refractivity contribution is 0.0252. The molecule has 0 radical (unpaired) electrons. The summed E-state index contributed by atoms with van der Waals surface area (Å²) in [5.41, 5.74) is 0.803. The Labute approximate surface area is 128 Å². The van der Waals surface area contributed by atoms with E-state index in [1.54, 1.807) is 4.90 Å². The van der Waals surface area contributed by atoms with Gasteiger partial charge in [-0.15, -0.1) is 0 Å². The maximum atomic E-state index is 12.1. The number of nitrogens with one attached hydrogen (secondary N) is 1. The molecule has 0 saturated heterocycles. The lowest BCUT2D eigenvalue weighted by atomic mass is 10.2. The van der Waals surface area contributed by atoms with Crippen molar-refractivity contribution in [2.24, 2.45) is 0 Å². The van der Waals surface area contributed by atoms with Crippen LogP contribution in [0.25, 0.3) is 0 Å². The van der Waals surface area contributed by atoms with E-state index in [4.69, 9.17) is 4.74 Å². The van der Waals surface area contributed by atoms with Crippen LogP contribution in [0.15, 0.2) is 30.3 Å². The summed E-state index contributed by atoms with van der Waals surface area (Å²) in [6.45, 7) is 10.7. The molecule has 0 spiro atoms. The van der Waals surface area contributed by atoms with Gasteiger partial charge in [0.2, 0.25) is 0 Å². The third-order valence-electron chi connectivity index (χ3n) is 2.88. The first kappa shape index (κ1) is 17.5. The summed E-state index contributed by atoms with van der Waals surface area (Å²) in [4.78, 5) is 13.9. The van der Waals surface area contributed by atoms with Gasteiger partial charge >= 0.3 is 6.09 Å².